The predicted octanol–water partition coefficient (Wildman–Crippen LogP) is 5.12. The second-order valence-corrected chi connectivity index (χ2v) is 6.21. The Balaban J connectivity index is 2.13. The summed E-state index contributed by atoms with van der Waals surface area (Å²) in [7, 11) is 1.81. The van der Waals surface area contributed by atoms with Crippen LogP contribution in [0.1, 0.15) is 34.0 Å². The summed E-state index contributed by atoms with van der Waals surface area (Å²) >= 11 is 0. The van der Waals surface area contributed by atoms with Crippen LogP contribution in [0.2, 0.25) is 0 Å². The van der Waals surface area contributed by atoms with Gasteiger partial charge in [0.1, 0.15) is 12.4 Å². The van der Waals surface area contributed by atoms with Crippen molar-refractivity contribution in [2.75, 3.05) is 13.6 Å². The lowest BCUT2D eigenvalue weighted by molar-refractivity contribution is -0.137. The van der Waals surface area contributed by atoms with Crippen LogP contribution in [0.3, 0.4) is 0 Å². The molecule has 2 rings (SSSR count). The minimum absolute atomic E-state index is 0.157. The van der Waals surface area contributed by atoms with Gasteiger partial charge in [-0.1, -0.05) is 12.1 Å². The fourth-order valence-corrected chi connectivity index (χ4v) is 2.27. The number of alkyl halides is 3. The van der Waals surface area contributed by atoms with E-state index in [1.807, 2.05) is 14.0 Å². The van der Waals surface area contributed by atoms with E-state index in [1.165, 1.54) is 18.2 Å². The molecular formula is C20H20F4N2O2. The molecule has 0 bridgehead atoms. The highest BCUT2D eigenvalue weighted by atomic mass is 19.4. The standard InChI is InChI=1S/C20H20F4N2O2/c1-4-26(3)12-25-18-10-17(21)16(8-13(18)2)19(27)28-11-14-6-5-7-15(9-14)20(22,23)24/h5-10,12H,4,11H2,1-3H3. The quantitative estimate of drug-likeness (QED) is 0.295. The third kappa shape index (κ3) is 5.55. The number of hydrogen-bond acceptors (Lipinski definition) is 3. The van der Waals surface area contributed by atoms with Gasteiger partial charge in [0.05, 0.1) is 23.2 Å². The molecule has 0 spiro atoms. The average Bonchev–Trinajstić information content (AvgIpc) is 2.65. The third-order valence-corrected chi connectivity index (χ3v) is 4.02. The van der Waals surface area contributed by atoms with Gasteiger partial charge in [-0.25, -0.2) is 14.2 Å². The predicted molar refractivity (Wildman–Crippen MR) is 98.2 cm³/mol. The zero-order valence-corrected chi connectivity index (χ0v) is 15.7. The summed E-state index contributed by atoms with van der Waals surface area (Å²) in [6.45, 7) is 3.93. The largest absolute Gasteiger partial charge is 0.457 e. The fraction of sp³-hybridized carbons (Fsp3) is 0.300. The number of ether oxygens (including phenoxy) is 1. The van der Waals surface area contributed by atoms with Crippen LogP contribution in [0.4, 0.5) is 23.2 Å². The molecule has 0 fully saturated rings. The molecule has 0 amide bonds. The molecule has 0 saturated carbocycles. The molecule has 2 aromatic rings. The molecule has 0 heterocycles. The molecule has 0 aliphatic rings. The maximum absolute atomic E-state index is 14.3. The van der Waals surface area contributed by atoms with E-state index in [4.69, 9.17) is 4.74 Å². The van der Waals surface area contributed by atoms with E-state index in [2.05, 4.69) is 4.99 Å². The first-order valence-corrected chi connectivity index (χ1v) is 8.49. The van der Waals surface area contributed by atoms with E-state index in [1.54, 1.807) is 18.2 Å². The van der Waals surface area contributed by atoms with Crippen LogP contribution in [0.5, 0.6) is 0 Å². The highest BCUT2D eigenvalue weighted by molar-refractivity contribution is 5.90. The van der Waals surface area contributed by atoms with Crippen LogP contribution in [0.25, 0.3) is 0 Å². The van der Waals surface area contributed by atoms with Gasteiger partial charge in [0.25, 0.3) is 0 Å². The first-order valence-electron chi connectivity index (χ1n) is 8.49. The van der Waals surface area contributed by atoms with Gasteiger partial charge >= 0.3 is 12.1 Å². The Labute approximate surface area is 160 Å². The third-order valence-electron chi connectivity index (χ3n) is 4.02. The summed E-state index contributed by atoms with van der Waals surface area (Å²) in [5, 5.41) is 0. The van der Waals surface area contributed by atoms with Crippen molar-refractivity contribution in [3.05, 3.63) is 64.5 Å². The normalized spacial score (nSPS) is 11.7. The topological polar surface area (TPSA) is 41.9 Å². The van der Waals surface area contributed by atoms with Crippen LogP contribution in [-0.4, -0.2) is 30.8 Å². The smallest absolute Gasteiger partial charge is 0.416 e. The number of halogens is 4. The van der Waals surface area contributed by atoms with Crippen molar-refractivity contribution in [1.82, 2.24) is 4.90 Å². The van der Waals surface area contributed by atoms with Gasteiger partial charge in [-0.15, -0.1) is 0 Å². The van der Waals surface area contributed by atoms with Gasteiger partial charge in [-0.3, -0.25) is 0 Å². The van der Waals surface area contributed by atoms with Crippen molar-refractivity contribution in [3.8, 4) is 0 Å². The monoisotopic (exact) mass is 396 g/mol. The van der Waals surface area contributed by atoms with Crippen molar-refractivity contribution < 1.29 is 27.1 Å². The van der Waals surface area contributed by atoms with Crippen molar-refractivity contribution in [2.24, 2.45) is 4.99 Å². The highest BCUT2D eigenvalue weighted by Gasteiger charge is 2.30. The maximum Gasteiger partial charge on any atom is 0.416 e. The van der Waals surface area contributed by atoms with E-state index in [9.17, 15) is 22.4 Å². The van der Waals surface area contributed by atoms with Gasteiger partial charge in [0.2, 0.25) is 0 Å². The highest BCUT2D eigenvalue weighted by Crippen LogP contribution is 2.30. The van der Waals surface area contributed by atoms with Crippen LogP contribution < -0.4 is 0 Å². The SMILES string of the molecule is CCN(C)C=Nc1cc(F)c(C(=O)OCc2cccc(C(F)(F)F)c2)cc1C. The average molecular weight is 396 g/mol. The molecule has 0 unspecified atom stereocenters. The number of esters is 1. The number of hydrogen-bond donors (Lipinski definition) is 0. The second-order valence-electron chi connectivity index (χ2n) is 6.21. The molecule has 0 aliphatic heterocycles. The number of aliphatic imine (C=N–C) groups is 1. The summed E-state index contributed by atoms with van der Waals surface area (Å²) < 4.78 is 57.5. The van der Waals surface area contributed by atoms with Gasteiger partial charge in [-0.05, 0) is 43.2 Å². The Kier molecular flexibility index (Phi) is 6.77. The number of carbonyl (C=O) groups is 1. The summed E-state index contributed by atoms with van der Waals surface area (Å²) in [6, 6.07) is 6.85. The van der Waals surface area contributed by atoms with E-state index < -0.39 is 30.1 Å². The van der Waals surface area contributed by atoms with Crippen molar-refractivity contribution >= 4 is 18.0 Å². The second kappa shape index (κ2) is 8.86. The first-order chi connectivity index (χ1) is 13.1. The molecule has 2 aromatic carbocycles. The van der Waals surface area contributed by atoms with Crippen LogP contribution in [0, 0.1) is 12.7 Å². The van der Waals surface area contributed by atoms with Crippen LogP contribution >= 0.6 is 0 Å². The first kappa shape index (κ1) is 21.4. The number of benzene rings is 2. The minimum atomic E-state index is -4.49. The maximum atomic E-state index is 14.3. The zero-order chi connectivity index (χ0) is 20.9. The van der Waals surface area contributed by atoms with Crippen LogP contribution in [-0.2, 0) is 17.5 Å². The molecule has 0 N–H and O–H groups in total. The van der Waals surface area contributed by atoms with Gasteiger partial charge in [-0.2, -0.15) is 13.2 Å². The Bertz CT molecular complexity index is 879. The lowest BCUT2D eigenvalue weighted by Gasteiger charge is -2.11. The Morgan fingerprint density at radius 1 is 1.25 bits per heavy atom. The fourth-order valence-electron chi connectivity index (χ4n) is 2.27. The summed E-state index contributed by atoms with van der Waals surface area (Å²) in [5.74, 6) is -1.77. The lowest BCUT2D eigenvalue weighted by atomic mass is 10.1. The molecule has 0 aromatic heterocycles. The Morgan fingerprint density at radius 2 is 1.96 bits per heavy atom. The molecule has 0 atom stereocenters. The molecule has 0 aliphatic carbocycles. The minimum Gasteiger partial charge on any atom is -0.457 e. The van der Waals surface area contributed by atoms with E-state index in [0.717, 1.165) is 24.7 Å². The Hall–Kier alpha value is -2.90. The lowest BCUT2D eigenvalue weighted by Crippen LogP contribution is -2.14. The number of carbonyl (C=O) groups excluding carboxylic acids is 1. The molecule has 150 valence electrons. The van der Waals surface area contributed by atoms with Crippen LogP contribution in [0.15, 0.2) is 41.4 Å². The number of aryl methyl sites for hydroxylation is 1. The molecule has 0 saturated heterocycles. The van der Waals surface area contributed by atoms with Crippen molar-refractivity contribution in [2.45, 2.75) is 26.6 Å². The molecule has 0 radical (unpaired) electrons. The van der Waals surface area contributed by atoms with Crippen molar-refractivity contribution in [3.63, 3.8) is 0 Å². The van der Waals surface area contributed by atoms with E-state index >= 15 is 0 Å². The van der Waals surface area contributed by atoms with E-state index in [-0.39, 0.29) is 11.1 Å². The Morgan fingerprint density at radius 3 is 2.61 bits per heavy atom. The van der Waals surface area contributed by atoms with Gasteiger partial charge in [0, 0.05) is 19.7 Å². The molecule has 4 nitrogen and oxygen atoms in total. The van der Waals surface area contributed by atoms with Gasteiger partial charge < -0.3 is 9.64 Å². The molecular weight excluding hydrogens is 376 g/mol. The van der Waals surface area contributed by atoms with E-state index in [0.29, 0.717) is 11.3 Å². The van der Waals surface area contributed by atoms with Gasteiger partial charge in [0.15, 0.2) is 0 Å². The molecule has 8 heteroatoms. The summed E-state index contributed by atoms with van der Waals surface area (Å²) in [5.41, 5.74) is -0.0564. The number of rotatable bonds is 6. The van der Waals surface area contributed by atoms with Crippen molar-refractivity contribution in [1.29, 1.82) is 0 Å². The summed E-state index contributed by atoms with van der Waals surface area (Å²) in [4.78, 5) is 18.1. The molecule has 28 heavy (non-hydrogen) atoms. The zero-order valence-electron chi connectivity index (χ0n) is 15.7. The number of nitrogens with zero attached hydrogens (tertiary/aromatic N) is 2. The summed E-state index contributed by atoms with van der Waals surface area (Å²) in [6.07, 6.45) is -2.95.